The van der Waals surface area contributed by atoms with Gasteiger partial charge >= 0.3 is 0 Å². The van der Waals surface area contributed by atoms with Gasteiger partial charge in [-0.1, -0.05) is 12.1 Å². The van der Waals surface area contributed by atoms with Gasteiger partial charge in [0.15, 0.2) is 11.6 Å². The van der Waals surface area contributed by atoms with Crippen LogP contribution in [0.25, 0.3) is 0 Å². The molecule has 0 saturated heterocycles. The Morgan fingerprint density at radius 1 is 0.842 bits per heavy atom. The van der Waals surface area contributed by atoms with E-state index >= 15 is 0 Å². The Kier molecular flexibility index (Phi) is 3.74. The molecular formula is C14H11F4N. The molecule has 0 amide bonds. The van der Waals surface area contributed by atoms with Gasteiger partial charge in [-0.2, -0.15) is 0 Å². The maximum Gasteiger partial charge on any atom is 0.161 e. The van der Waals surface area contributed by atoms with E-state index in [1.807, 2.05) is 0 Å². The van der Waals surface area contributed by atoms with Gasteiger partial charge in [0, 0.05) is 18.2 Å². The second-order valence-corrected chi connectivity index (χ2v) is 4.16. The Balaban J connectivity index is 2.21. The first-order valence-corrected chi connectivity index (χ1v) is 5.64. The van der Waals surface area contributed by atoms with Crippen LogP contribution in [0.5, 0.6) is 0 Å². The fraction of sp³-hybridized carbons (Fsp3) is 0.143. The molecule has 19 heavy (non-hydrogen) atoms. The zero-order valence-corrected chi connectivity index (χ0v) is 10.1. The van der Waals surface area contributed by atoms with E-state index < -0.39 is 17.5 Å². The van der Waals surface area contributed by atoms with Crippen LogP contribution in [0.15, 0.2) is 36.4 Å². The maximum absolute atomic E-state index is 13.4. The van der Waals surface area contributed by atoms with Crippen molar-refractivity contribution in [1.29, 1.82) is 0 Å². The van der Waals surface area contributed by atoms with Gasteiger partial charge in [0.2, 0.25) is 0 Å². The lowest BCUT2D eigenvalue weighted by Gasteiger charge is -2.16. The lowest BCUT2D eigenvalue weighted by atomic mass is 10.1. The van der Waals surface area contributed by atoms with Gasteiger partial charge in [-0.25, -0.2) is 17.6 Å². The Bertz CT molecular complexity index is 581. The summed E-state index contributed by atoms with van der Waals surface area (Å²) in [6.07, 6.45) is 0. The van der Waals surface area contributed by atoms with Crippen molar-refractivity contribution in [3.8, 4) is 0 Å². The summed E-state index contributed by atoms with van der Waals surface area (Å²) in [7, 11) is 0. The van der Waals surface area contributed by atoms with Crippen molar-refractivity contribution >= 4 is 5.69 Å². The van der Waals surface area contributed by atoms with Gasteiger partial charge in [0.25, 0.3) is 0 Å². The molecule has 1 unspecified atom stereocenters. The van der Waals surface area contributed by atoms with Crippen molar-refractivity contribution in [2.75, 3.05) is 5.32 Å². The van der Waals surface area contributed by atoms with Crippen molar-refractivity contribution in [3.05, 3.63) is 65.2 Å². The molecule has 0 radical (unpaired) electrons. The molecule has 1 nitrogen and oxygen atoms in total. The fourth-order valence-corrected chi connectivity index (χ4v) is 1.70. The minimum Gasteiger partial charge on any atom is -0.376 e. The molecular weight excluding hydrogens is 258 g/mol. The average molecular weight is 269 g/mol. The molecule has 0 aliphatic rings. The van der Waals surface area contributed by atoms with E-state index in [9.17, 15) is 17.6 Å². The van der Waals surface area contributed by atoms with E-state index in [2.05, 4.69) is 5.32 Å². The van der Waals surface area contributed by atoms with Crippen LogP contribution in [0, 0.1) is 23.3 Å². The van der Waals surface area contributed by atoms with E-state index in [-0.39, 0.29) is 17.5 Å². The molecule has 0 saturated carbocycles. The third kappa shape index (κ3) is 3.05. The number of nitrogens with one attached hydrogen (secondary N) is 1. The number of halogens is 4. The zero-order chi connectivity index (χ0) is 14.0. The Morgan fingerprint density at radius 3 is 2.05 bits per heavy atom. The minimum atomic E-state index is -1.24. The molecule has 1 atom stereocenters. The van der Waals surface area contributed by atoms with Crippen molar-refractivity contribution in [1.82, 2.24) is 0 Å². The normalized spacial score (nSPS) is 12.3. The van der Waals surface area contributed by atoms with Crippen molar-refractivity contribution < 1.29 is 17.6 Å². The van der Waals surface area contributed by atoms with Crippen molar-refractivity contribution in [2.24, 2.45) is 0 Å². The minimum absolute atomic E-state index is 0.143. The summed E-state index contributed by atoms with van der Waals surface area (Å²) < 4.78 is 52.0. The predicted octanol–water partition coefficient (Wildman–Crippen LogP) is 4.42. The van der Waals surface area contributed by atoms with E-state index in [1.165, 1.54) is 24.3 Å². The summed E-state index contributed by atoms with van der Waals surface area (Å²) in [5.41, 5.74) is 0.557. The van der Waals surface area contributed by atoms with Gasteiger partial charge in [-0.3, -0.25) is 0 Å². The van der Waals surface area contributed by atoms with Crippen LogP contribution in [-0.2, 0) is 0 Å². The molecule has 2 rings (SSSR count). The molecule has 2 aromatic rings. The average Bonchev–Trinajstić information content (AvgIpc) is 2.36. The molecule has 0 bridgehead atoms. The highest BCUT2D eigenvalue weighted by Crippen LogP contribution is 2.24. The summed E-state index contributed by atoms with van der Waals surface area (Å²) in [6.45, 7) is 1.70. The molecule has 0 aliphatic carbocycles. The van der Waals surface area contributed by atoms with Gasteiger partial charge in [-0.05, 0) is 24.6 Å². The summed E-state index contributed by atoms with van der Waals surface area (Å²) in [5, 5.41) is 2.71. The van der Waals surface area contributed by atoms with Gasteiger partial charge in [-0.15, -0.1) is 0 Å². The number of hydrogen-bond donors (Lipinski definition) is 1. The second-order valence-electron chi connectivity index (χ2n) is 4.16. The van der Waals surface area contributed by atoms with E-state index in [1.54, 1.807) is 6.92 Å². The molecule has 0 aromatic heterocycles. The summed E-state index contributed by atoms with van der Waals surface area (Å²) in [6, 6.07) is 6.47. The predicted molar refractivity (Wildman–Crippen MR) is 64.8 cm³/mol. The highest BCUT2D eigenvalue weighted by atomic mass is 19.2. The smallest absolute Gasteiger partial charge is 0.161 e. The number of hydrogen-bond acceptors (Lipinski definition) is 1. The van der Waals surface area contributed by atoms with Crippen LogP contribution < -0.4 is 5.32 Å². The molecule has 5 heteroatoms. The molecule has 2 aromatic carbocycles. The van der Waals surface area contributed by atoms with E-state index in [0.717, 1.165) is 6.07 Å². The van der Waals surface area contributed by atoms with Crippen LogP contribution in [0.4, 0.5) is 23.2 Å². The van der Waals surface area contributed by atoms with Crippen LogP contribution >= 0.6 is 0 Å². The Morgan fingerprint density at radius 2 is 1.42 bits per heavy atom. The first kappa shape index (κ1) is 13.4. The summed E-state index contributed by atoms with van der Waals surface area (Å²) in [5.74, 6) is -3.63. The topological polar surface area (TPSA) is 12.0 Å². The fourth-order valence-electron chi connectivity index (χ4n) is 1.70. The van der Waals surface area contributed by atoms with Crippen LogP contribution in [0.3, 0.4) is 0 Å². The van der Waals surface area contributed by atoms with E-state index in [0.29, 0.717) is 11.6 Å². The quantitative estimate of drug-likeness (QED) is 0.642. The molecule has 0 aliphatic heterocycles. The van der Waals surface area contributed by atoms with Gasteiger partial charge < -0.3 is 5.32 Å². The first-order chi connectivity index (χ1) is 8.97. The third-order valence-corrected chi connectivity index (χ3v) is 2.75. The summed E-state index contributed by atoms with van der Waals surface area (Å²) in [4.78, 5) is 0. The Labute approximate surface area is 107 Å². The standard InChI is InChI=1S/C14H11F4N/c1-8(9-2-4-10(15)5-3-9)19-14-7-12(17)11(16)6-13(14)18/h2-8,19H,1H3. The molecule has 1 N–H and O–H groups in total. The van der Waals surface area contributed by atoms with Gasteiger partial charge in [0.1, 0.15) is 11.6 Å². The third-order valence-electron chi connectivity index (χ3n) is 2.75. The highest BCUT2D eigenvalue weighted by Gasteiger charge is 2.12. The van der Waals surface area contributed by atoms with Crippen LogP contribution in [0.1, 0.15) is 18.5 Å². The molecule has 0 heterocycles. The molecule has 100 valence electrons. The zero-order valence-electron chi connectivity index (χ0n) is 10.1. The largest absolute Gasteiger partial charge is 0.376 e. The maximum atomic E-state index is 13.4. The van der Waals surface area contributed by atoms with Gasteiger partial charge in [0.05, 0.1) is 5.69 Å². The summed E-state index contributed by atoms with van der Waals surface area (Å²) >= 11 is 0. The number of rotatable bonds is 3. The molecule has 0 fully saturated rings. The number of benzene rings is 2. The first-order valence-electron chi connectivity index (χ1n) is 5.64. The SMILES string of the molecule is CC(Nc1cc(F)c(F)cc1F)c1ccc(F)cc1. The highest BCUT2D eigenvalue weighted by molar-refractivity contribution is 5.47. The van der Waals surface area contributed by atoms with Crippen molar-refractivity contribution in [3.63, 3.8) is 0 Å². The Hall–Kier alpha value is -2.04. The second kappa shape index (κ2) is 5.30. The monoisotopic (exact) mass is 269 g/mol. The van der Waals surface area contributed by atoms with Crippen LogP contribution in [-0.4, -0.2) is 0 Å². The number of anilines is 1. The van der Waals surface area contributed by atoms with E-state index in [4.69, 9.17) is 0 Å². The molecule has 0 spiro atoms. The van der Waals surface area contributed by atoms with Crippen LogP contribution in [0.2, 0.25) is 0 Å². The van der Waals surface area contributed by atoms with Crippen molar-refractivity contribution in [2.45, 2.75) is 13.0 Å². The lowest BCUT2D eigenvalue weighted by Crippen LogP contribution is -2.08. The lowest BCUT2D eigenvalue weighted by molar-refractivity contribution is 0.495.